The lowest BCUT2D eigenvalue weighted by Gasteiger charge is -2.46. The van der Waals surface area contributed by atoms with E-state index in [2.05, 4.69) is 21.2 Å². The fourth-order valence-electron chi connectivity index (χ4n) is 3.56. The van der Waals surface area contributed by atoms with E-state index in [1.165, 1.54) is 0 Å². The quantitative estimate of drug-likeness (QED) is 0.718. The molecule has 0 unspecified atom stereocenters. The van der Waals surface area contributed by atoms with Crippen molar-refractivity contribution in [3.63, 3.8) is 0 Å². The lowest BCUT2D eigenvalue weighted by Crippen LogP contribution is -2.58. The van der Waals surface area contributed by atoms with Gasteiger partial charge >= 0.3 is 0 Å². The van der Waals surface area contributed by atoms with Crippen molar-refractivity contribution in [2.24, 2.45) is 21.5 Å². The number of terminal acetylenes is 1. The topological polar surface area (TPSA) is 109 Å². The molecule has 1 aliphatic carbocycles. The predicted molar refractivity (Wildman–Crippen MR) is 99.1 cm³/mol. The Hall–Kier alpha value is -3.01. The molecule has 0 saturated heterocycles. The van der Waals surface area contributed by atoms with Gasteiger partial charge in [-0.25, -0.2) is 4.99 Å². The number of para-hydroxylation sites is 1. The van der Waals surface area contributed by atoms with Crippen molar-refractivity contribution < 1.29 is 4.79 Å². The Kier molecular flexibility index (Phi) is 4.61. The summed E-state index contributed by atoms with van der Waals surface area (Å²) in [5.41, 5.74) is 12.7. The number of nitrogens with zero attached hydrogens (tertiary/aromatic N) is 3. The van der Waals surface area contributed by atoms with E-state index >= 15 is 0 Å². The molecule has 1 aliphatic heterocycles. The van der Waals surface area contributed by atoms with Gasteiger partial charge in [-0.05, 0) is 37.8 Å². The Morgan fingerprint density at radius 2 is 2.00 bits per heavy atom. The smallest absolute Gasteiger partial charge is 0.254 e. The van der Waals surface area contributed by atoms with Gasteiger partial charge in [0.05, 0.1) is 17.8 Å². The van der Waals surface area contributed by atoms with Gasteiger partial charge in [-0.3, -0.25) is 9.69 Å². The van der Waals surface area contributed by atoms with Crippen LogP contribution < -0.4 is 21.7 Å². The molecule has 0 radical (unpaired) electrons. The van der Waals surface area contributed by atoms with Gasteiger partial charge in [0, 0.05) is 0 Å². The zero-order valence-electron chi connectivity index (χ0n) is 14.0. The van der Waals surface area contributed by atoms with Gasteiger partial charge < -0.3 is 16.8 Å². The van der Waals surface area contributed by atoms with Crippen LogP contribution in [0.2, 0.25) is 0 Å². The maximum Gasteiger partial charge on any atom is 0.254 e. The molecule has 1 aromatic carbocycles. The third-order valence-corrected chi connectivity index (χ3v) is 4.59. The van der Waals surface area contributed by atoms with E-state index in [9.17, 15) is 4.79 Å². The fourth-order valence-corrected chi connectivity index (χ4v) is 3.56. The van der Waals surface area contributed by atoms with Crippen LogP contribution in [0.15, 0.2) is 34.3 Å². The molecule has 0 bridgehead atoms. The molecular formula is C18H22N6O. The van der Waals surface area contributed by atoms with E-state index in [4.69, 9.17) is 17.9 Å². The second-order valence-corrected chi connectivity index (χ2v) is 6.22. The van der Waals surface area contributed by atoms with E-state index in [0.29, 0.717) is 11.3 Å². The Morgan fingerprint density at radius 1 is 1.28 bits per heavy atom. The minimum Gasteiger partial charge on any atom is -0.369 e. The zero-order chi connectivity index (χ0) is 17.9. The summed E-state index contributed by atoms with van der Waals surface area (Å²) in [5, 5.41) is 2.70. The number of amides is 1. The largest absolute Gasteiger partial charge is 0.369 e. The summed E-state index contributed by atoms with van der Waals surface area (Å²) in [6.07, 6.45) is 10.0. The molecule has 1 fully saturated rings. The van der Waals surface area contributed by atoms with Gasteiger partial charge in [0.2, 0.25) is 11.9 Å². The van der Waals surface area contributed by atoms with Gasteiger partial charge in [0.15, 0.2) is 0 Å². The monoisotopic (exact) mass is 338 g/mol. The Bertz CT molecular complexity index is 770. The Morgan fingerprint density at radius 3 is 2.72 bits per heavy atom. The van der Waals surface area contributed by atoms with Crippen molar-refractivity contribution in [3.8, 4) is 12.3 Å². The van der Waals surface area contributed by atoms with Crippen LogP contribution in [0.5, 0.6) is 0 Å². The second-order valence-electron chi connectivity index (χ2n) is 6.22. The molecule has 1 heterocycles. The number of benzene rings is 1. The first kappa shape index (κ1) is 16.8. The number of hydrogen-bond acceptors (Lipinski definition) is 6. The first-order valence-corrected chi connectivity index (χ1v) is 8.38. The third-order valence-electron chi connectivity index (χ3n) is 4.59. The van der Waals surface area contributed by atoms with E-state index < -0.39 is 5.66 Å². The van der Waals surface area contributed by atoms with Crippen LogP contribution in [-0.2, 0) is 0 Å². The van der Waals surface area contributed by atoms with Crippen LogP contribution in [0, 0.1) is 12.3 Å². The fraction of sp³-hybridized carbons (Fsp3) is 0.389. The molecular weight excluding hydrogens is 316 g/mol. The van der Waals surface area contributed by atoms with Crippen molar-refractivity contribution in [2.45, 2.75) is 37.8 Å². The molecule has 1 aromatic rings. The van der Waals surface area contributed by atoms with Gasteiger partial charge in [-0.15, -0.1) is 6.42 Å². The van der Waals surface area contributed by atoms with Gasteiger partial charge in [0.25, 0.3) is 5.91 Å². The number of nitrogens with two attached hydrogens (primary N) is 2. The van der Waals surface area contributed by atoms with Crippen LogP contribution in [0.25, 0.3) is 0 Å². The first-order chi connectivity index (χ1) is 12.1. The highest BCUT2D eigenvalue weighted by molar-refractivity contribution is 6.10. The number of carbonyl (C=O) groups is 1. The van der Waals surface area contributed by atoms with E-state index in [1.807, 2.05) is 17.0 Å². The molecule has 1 saturated carbocycles. The van der Waals surface area contributed by atoms with Crippen molar-refractivity contribution in [1.82, 2.24) is 5.32 Å². The van der Waals surface area contributed by atoms with Gasteiger partial charge in [-0.1, -0.05) is 24.5 Å². The summed E-state index contributed by atoms with van der Waals surface area (Å²) in [5.74, 6) is 2.59. The Balaban J connectivity index is 2.06. The van der Waals surface area contributed by atoms with Crippen LogP contribution in [-0.4, -0.2) is 30.0 Å². The molecule has 7 nitrogen and oxygen atoms in total. The molecule has 0 aromatic heterocycles. The minimum absolute atomic E-state index is 0.160. The normalized spacial score (nSPS) is 18.9. The highest BCUT2D eigenvalue weighted by Gasteiger charge is 2.43. The first-order valence-electron chi connectivity index (χ1n) is 8.38. The third kappa shape index (κ3) is 3.15. The number of rotatable bonds is 3. The number of hydrogen-bond donors (Lipinski definition) is 3. The van der Waals surface area contributed by atoms with Crippen LogP contribution in [0.3, 0.4) is 0 Å². The van der Waals surface area contributed by atoms with E-state index in [-0.39, 0.29) is 24.4 Å². The highest BCUT2D eigenvalue weighted by Crippen LogP contribution is 2.40. The van der Waals surface area contributed by atoms with Crippen molar-refractivity contribution in [3.05, 3.63) is 29.8 Å². The summed E-state index contributed by atoms with van der Waals surface area (Å²) in [4.78, 5) is 23.2. The van der Waals surface area contributed by atoms with Crippen LogP contribution in [0.1, 0.15) is 42.5 Å². The summed E-state index contributed by atoms with van der Waals surface area (Å²) < 4.78 is 0. The average molecular weight is 338 g/mol. The van der Waals surface area contributed by atoms with Crippen molar-refractivity contribution in [1.29, 1.82) is 0 Å². The number of nitrogens with one attached hydrogen (secondary N) is 1. The molecule has 3 rings (SSSR count). The van der Waals surface area contributed by atoms with Crippen molar-refractivity contribution >= 4 is 23.5 Å². The standard InChI is InChI=1S/C18H22N6O/c1-2-12-21-15(25)13-8-4-5-9-14(13)24-17(20)22-16(19)23-18(24)10-6-3-7-11-18/h1,4-5,8-9H,3,6-7,10-12H2,(H,21,25)(H4,19,20,22,23). The lowest BCUT2D eigenvalue weighted by molar-refractivity contribution is 0.0959. The molecule has 1 spiro atoms. The highest BCUT2D eigenvalue weighted by atomic mass is 16.1. The van der Waals surface area contributed by atoms with Gasteiger partial charge in [0.1, 0.15) is 5.66 Å². The molecule has 1 amide bonds. The average Bonchev–Trinajstić information content (AvgIpc) is 2.60. The molecule has 0 atom stereocenters. The van der Waals surface area contributed by atoms with Crippen molar-refractivity contribution in [2.75, 3.05) is 11.4 Å². The molecule has 2 aliphatic rings. The summed E-state index contributed by atoms with van der Waals surface area (Å²) >= 11 is 0. The number of anilines is 1. The number of guanidine groups is 2. The van der Waals surface area contributed by atoms with Crippen LogP contribution >= 0.6 is 0 Å². The summed E-state index contributed by atoms with van der Waals surface area (Å²) in [7, 11) is 0. The summed E-state index contributed by atoms with van der Waals surface area (Å²) in [6.45, 7) is 0.160. The molecule has 25 heavy (non-hydrogen) atoms. The SMILES string of the molecule is C#CCNC(=O)c1ccccc1N1C(N)=NC(N)=NC12CCCCC2. The van der Waals surface area contributed by atoms with Gasteiger partial charge in [-0.2, -0.15) is 4.99 Å². The maximum absolute atomic E-state index is 12.5. The maximum atomic E-state index is 12.5. The zero-order valence-corrected chi connectivity index (χ0v) is 14.0. The molecule has 7 heteroatoms. The Labute approximate surface area is 147 Å². The van der Waals surface area contributed by atoms with E-state index in [1.54, 1.807) is 12.1 Å². The predicted octanol–water partition coefficient (Wildman–Crippen LogP) is 1.16. The number of aliphatic imine (C=N–C) groups is 2. The van der Waals surface area contributed by atoms with Crippen LogP contribution in [0.4, 0.5) is 5.69 Å². The van der Waals surface area contributed by atoms with E-state index in [0.717, 1.165) is 32.1 Å². The lowest BCUT2D eigenvalue weighted by atomic mass is 9.87. The minimum atomic E-state index is -0.587. The molecule has 5 N–H and O–H groups in total. The summed E-state index contributed by atoms with van der Waals surface area (Å²) in [6, 6.07) is 7.25. The second kappa shape index (κ2) is 6.85. The number of carbonyl (C=O) groups excluding carboxylic acids is 1. The molecule has 130 valence electrons.